The lowest BCUT2D eigenvalue weighted by atomic mass is 9.84. The van der Waals surface area contributed by atoms with Crippen LogP contribution in [0.25, 0.3) is 0 Å². The standard InChI is InChI=1S/C12H15NO2/c1-12(2,11(14)15)9-4-3-8-5-6-13-10(8)7-9/h3-4,7,13H,5-6H2,1-2H3,(H,14,15). The summed E-state index contributed by atoms with van der Waals surface area (Å²) in [4.78, 5) is 11.1. The highest BCUT2D eigenvalue weighted by Crippen LogP contribution is 2.30. The van der Waals surface area contributed by atoms with Crippen LogP contribution in [0.2, 0.25) is 0 Å². The molecule has 1 aliphatic rings. The van der Waals surface area contributed by atoms with Crippen LogP contribution >= 0.6 is 0 Å². The zero-order valence-corrected chi connectivity index (χ0v) is 9.00. The molecule has 0 bridgehead atoms. The average Bonchev–Trinajstić information content (AvgIpc) is 2.63. The molecule has 0 amide bonds. The van der Waals surface area contributed by atoms with E-state index in [1.807, 2.05) is 18.2 Å². The van der Waals surface area contributed by atoms with E-state index < -0.39 is 11.4 Å². The van der Waals surface area contributed by atoms with Crippen molar-refractivity contribution in [3.05, 3.63) is 29.3 Å². The second kappa shape index (κ2) is 3.26. The number of rotatable bonds is 2. The molecule has 0 spiro atoms. The van der Waals surface area contributed by atoms with Crippen molar-refractivity contribution in [1.29, 1.82) is 0 Å². The van der Waals surface area contributed by atoms with Gasteiger partial charge < -0.3 is 10.4 Å². The molecule has 0 fully saturated rings. The molecule has 0 saturated carbocycles. The minimum Gasteiger partial charge on any atom is -0.481 e. The van der Waals surface area contributed by atoms with Crippen LogP contribution in [-0.4, -0.2) is 17.6 Å². The van der Waals surface area contributed by atoms with E-state index in [1.165, 1.54) is 5.56 Å². The number of carboxylic acids is 1. The molecule has 80 valence electrons. The van der Waals surface area contributed by atoms with Crippen LogP contribution in [0, 0.1) is 0 Å². The summed E-state index contributed by atoms with van der Waals surface area (Å²) < 4.78 is 0. The predicted molar refractivity (Wildman–Crippen MR) is 59.3 cm³/mol. The Labute approximate surface area is 89.1 Å². The van der Waals surface area contributed by atoms with Gasteiger partial charge in [-0.2, -0.15) is 0 Å². The molecule has 1 heterocycles. The van der Waals surface area contributed by atoms with Crippen molar-refractivity contribution in [1.82, 2.24) is 0 Å². The molecule has 1 aromatic carbocycles. The van der Waals surface area contributed by atoms with Gasteiger partial charge in [-0.15, -0.1) is 0 Å². The lowest BCUT2D eigenvalue weighted by molar-refractivity contribution is -0.142. The third-order valence-electron chi connectivity index (χ3n) is 3.08. The number of carbonyl (C=O) groups is 1. The van der Waals surface area contributed by atoms with Crippen molar-refractivity contribution in [3.8, 4) is 0 Å². The highest BCUT2D eigenvalue weighted by atomic mass is 16.4. The van der Waals surface area contributed by atoms with E-state index in [0.717, 1.165) is 24.2 Å². The smallest absolute Gasteiger partial charge is 0.313 e. The summed E-state index contributed by atoms with van der Waals surface area (Å²) in [5.74, 6) is -0.791. The Balaban J connectivity index is 2.42. The van der Waals surface area contributed by atoms with E-state index in [1.54, 1.807) is 13.8 Å². The van der Waals surface area contributed by atoms with Crippen molar-refractivity contribution < 1.29 is 9.90 Å². The van der Waals surface area contributed by atoms with E-state index in [0.29, 0.717) is 0 Å². The van der Waals surface area contributed by atoms with Crippen molar-refractivity contribution in [2.45, 2.75) is 25.7 Å². The molecular weight excluding hydrogens is 190 g/mol. The Kier molecular flexibility index (Phi) is 2.18. The molecule has 0 unspecified atom stereocenters. The minimum absolute atomic E-state index is 0.791. The number of carboxylic acid groups (broad SMARTS) is 1. The molecule has 0 aromatic heterocycles. The lowest BCUT2D eigenvalue weighted by Gasteiger charge is -2.20. The number of anilines is 1. The summed E-state index contributed by atoms with van der Waals surface area (Å²) in [7, 11) is 0. The van der Waals surface area contributed by atoms with Crippen LogP contribution < -0.4 is 5.32 Å². The first-order valence-electron chi connectivity index (χ1n) is 5.12. The minimum atomic E-state index is -0.820. The Hall–Kier alpha value is -1.51. The fraction of sp³-hybridized carbons (Fsp3) is 0.417. The molecule has 1 aliphatic heterocycles. The molecule has 0 atom stereocenters. The second-order valence-electron chi connectivity index (χ2n) is 4.48. The van der Waals surface area contributed by atoms with Gasteiger partial charge >= 0.3 is 5.97 Å². The van der Waals surface area contributed by atoms with Crippen LogP contribution in [0.3, 0.4) is 0 Å². The summed E-state index contributed by atoms with van der Waals surface area (Å²) in [5.41, 5.74) is 2.39. The first kappa shape index (κ1) is 10.0. The van der Waals surface area contributed by atoms with Crippen LogP contribution in [0.4, 0.5) is 5.69 Å². The SMILES string of the molecule is CC(C)(C(=O)O)c1ccc2c(c1)NCC2. The first-order valence-corrected chi connectivity index (χ1v) is 5.12. The maximum absolute atomic E-state index is 11.1. The van der Waals surface area contributed by atoms with Crippen molar-refractivity contribution >= 4 is 11.7 Å². The zero-order chi connectivity index (χ0) is 11.1. The van der Waals surface area contributed by atoms with Gasteiger partial charge in [0.15, 0.2) is 0 Å². The quantitative estimate of drug-likeness (QED) is 0.776. The van der Waals surface area contributed by atoms with Crippen molar-refractivity contribution in [2.24, 2.45) is 0 Å². The number of nitrogens with one attached hydrogen (secondary N) is 1. The maximum atomic E-state index is 11.1. The maximum Gasteiger partial charge on any atom is 0.313 e. The number of benzene rings is 1. The topological polar surface area (TPSA) is 49.3 Å². The molecule has 2 rings (SSSR count). The lowest BCUT2D eigenvalue weighted by Crippen LogP contribution is -2.28. The third-order valence-corrected chi connectivity index (χ3v) is 3.08. The van der Waals surface area contributed by atoms with Crippen LogP contribution in [0.15, 0.2) is 18.2 Å². The van der Waals surface area contributed by atoms with Gasteiger partial charge in [0.05, 0.1) is 5.41 Å². The van der Waals surface area contributed by atoms with Gasteiger partial charge in [0.25, 0.3) is 0 Å². The van der Waals surface area contributed by atoms with Gasteiger partial charge in [-0.25, -0.2) is 0 Å². The Morgan fingerprint density at radius 3 is 2.87 bits per heavy atom. The Bertz CT molecular complexity index is 410. The van der Waals surface area contributed by atoms with E-state index in [4.69, 9.17) is 5.11 Å². The Morgan fingerprint density at radius 1 is 1.47 bits per heavy atom. The zero-order valence-electron chi connectivity index (χ0n) is 9.00. The van der Waals surface area contributed by atoms with Gasteiger partial charge in [-0.05, 0) is 37.5 Å². The first-order chi connectivity index (χ1) is 7.01. The molecule has 3 nitrogen and oxygen atoms in total. The predicted octanol–water partition coefficient (Wildman–Crippen LogP) is 2.02. The highest BCUT2D eigenvalue weighted by Gasteiger charge is 2.30. The summed E-state index contributed by atoms with van der Waals surface area (Å²) in [5, 5.41) is 12.4. The summed E-state index contributed by atoms with van der Waals surface area (Å²) in [6.07, 6.45) is 1.03. The second-order valence-corrected chi connectivity index (χ2v) is 4.48. The molecular formula is C12H15NO2. The average molecular weight is 205 g/mol. The normalized spacial score (nSPS) is 14.5. The number of fused-ring (bicyclic) bond motifs is 1. The third kappa shape index (κ3) is 1.58. The van der Waals surface area contributed by atoms with Crippen molar-refractivity contribution in [3.63, 3.8) is 0 Å². The van der Waals surface area contributed by atoms with Crippen LogP contribution in [-0.2, 0) is 16.6 Å². The highest BCUT2D eigenvalue weighted by molar-refractivity contribution is 5.81. The molecule has 0 saturated heterocycles. The van der Waals surface area contributed by atoms with Gasteiger partial charge in [-0.3, -0.25) is 4.79 Å². The number of hydrogen-bond donors (Lipinski definition) is 2. The number of hydrogen-bond acceptors (Lipinski definition) is 2. The van der Waals surface area contributed by atoms with E-state index in [2.05, 4.69) is 5.32 Å². The molecule has 0 radical (unpaired) electrons. The fourth-order valence-corrected chi connectivity index (χ4v) is 1.80. The fourth-order valence-electron chi connectivity index (χ4n) is 1.80. The monoisotopic (exact) mass is 205 g/mol. The molecule has 3 heteroatoms. The van der Waals surface area contributed by atoms with Gasteiger partial charge in [0.1, 0.15) is 0 Å². The molecule has 15 heavy (non-hydrogen) atoms. The van der Waals surface area contributed by atoms with E-state index in [9.17, 15) is 4.79 Å². The molecule has 2 N–H and O–H groups in total. The van der Waals surface area contributed by atoms with Gasteiger partial charge in [0, 0.05) is 12.2 Å². The molecule has 1 aromatic rings. The largest absolute Gasteiger partial charge is 0.481 e. The Morgan fingerprint density at radius 2 is 2.20 bits per heavy atom. The van der Waals surface area contributed by atoms with Gasteiger partial charge in [-0.1, -0.05) is 12.1 Å². The summed E-state index contributed by atoms with van der Waals surface area (Å²) in [6, 6.07) is 5.89. The number of aliphatic carboxylic acids is 1. The summed E-state index contributed by atoms with van der Waals surface area (Å²) >= 11 is 0. The van der Waals surface area contributed by atoms with Crippen molar-refractivity contribution in [2.75, 3.05) is 11.9 Å². The van der Waals surface area contributed by atoms with Crippen LogP contribution in [0.1, 0.15) is 25.0 Å². The molecule has 0 aliphatic carbocycles. The summed E-state index contributed by atoms with van der Waals surface area (Å²) in [6.45, 7) is 4.41. The van der Waals surface area contributed by atoms with Crippen LogP contribution in [0.5, 0.6) is 0 Å². The van der Waals surface area contributed by atoms with Gasteiger partial charge in [0.2, 0.25) is 0 Å². The van der Waals surface area contributed by atoms with E-state index in [-0.39, 0.29) is 0 Å². The van der Waals surface area contributed by atoms with E-state index >= 15 is 0 Å².